The predicted octanol–water partition coefficient (Wildman–Crippen LogP) is 4.73. The van der Waals surface area contributed by atoms with E-state index in [-0.39, 0.29) is 23.6 Å². The van der Waals surface area contributed by atoms with Gasteiger partial charge in [-0.15, -0.1) is 0 Å². The molecule has 0 bridgehead atoms. The second-order valence-corrected chi connectivity index (χ2v) is 8.36. The molecule has 0 aliphatic rings. The number of para-hydroxylation sites is 3. The zero-order valence-electron chi connectivity index (χ0n) is 18.1. The molecule has 6 nitrogen and oxygen atoms in total. The van der Waals surface area contributed by atoms with E-state index in [0.29, 0.717) is 22.6 Å². The molecule has 0 unspecified atom stereocenters. The molecule has 33 heavy (non-hydrogen) atoms. The number of aryl methyl sites for hydroxylation is 1. The number of thioether (sulfide) groups is 1. The van der Waals surface area contributed by atoms with Gasteiger partial charge in [0.05, 0.1) is 34.8 Å². The summed E-state index contributed by atoms with van der Waals surface area (Å²) < 4.78 is 1.58. The van der Waals surface area contributed by atoms with Crippen LogP contribution in [0.1, 0.15) is 12.0 Å². The summed E-state index contributed by atoms with van der Waals surface area (Å²) in [4.78, 5) is 32.9. The Labute approximate surface area is 196 Å². The number of hydrogen-bond acceptors (Lipinski definition) is 5. The van der Waals surface area contributed by atoms with Crippen molar-refractivity contribution in [3.63, 3.8) is 0 Å². The lowest BCUT2D eigenvalue weighted by Gasteiger charge is -2.22. The van der Waals surface area contributed by atoms with Crippen LogP contribution in [0.5, 0.6) is 0 Å². The summed E-state index contributed by atoms with van der Waals surface area (Å²) in [5, 5.41) is 10.0. The van der Waals surface area contributed by atoms with Crippen molar-refractivity contribution < 1.29 is 4.79 Å². The molecule has 4 aromatic rings. The summed E-state index contributed by atoms with van der Waals surface area (Å²) in [5.41, 5.74) is 2.83. The summed E-state index contributed by atoms with van der Waals surface area (Å²) in [7, 11) is 0. The van der Waals surface area contributed by atoms with Gasteiger partial charge < -0.3 is 4.90 Å². The van der Waals surface area contributed by atoms with Crippen molar-refractivity contribution in [1.82, 2.24) is 9.55 Å². The van der Waals surface area contributed by atoms with Gasteiger partial charge in [0.1, 0.15) is 0 Å². The van der Waals surface area contributed by atoms with Crippen LogP contribution in [0.15, 0.2) is 88.8 Å². The van der Waals surface area contributed by atoms with E-state index in [0.717, 1.165) is 16.9 Å². The number of aromatic nitrogens is 2. The Hall–Kier alpha value is -3.89. The Morgan fingerprint density at radius 1 is 1.03 bits per heavy atom. The Kier molecular flexibility index (Phi) is 6.86. The summed E-state index contributed by atoms with van der Waals surface area (Å²) in [6.45, 7) is 2.24. The van der Waals surface area contributed by atoms with Gasteiger partial charge in [-0.25, -0.2) is 4.98 Å². The molecule has 0 spiro atoms. The zero-order valence-corrected chi connectivity index (χ0v) is 19.0. The van der Waals surface area contributed by atoms with Crippen molar-refractivity contribution in [3.8, 4) is 11.8 Å². The minimum absolute atomic E-state index is 0.0803. The first-order chi connectivity index (χ1) is 16.1. The van der Waals surface area contributed by atoms with Crippen LogP contribution < -0.4 is 10.5 Å². The molecule has 7 heteroatoms. The van der Waals surface area contributed by atoms with E-state index in [2.05, 4.69) is 6.07 Å². The maximum absolute atomic E-state index is 13.4. The highest BCUT2D eigenvalue weighted by molar-refractivity contribution is 7.99. The zero-order chi connectivity index (χ0) is 23.2. The van der Waals surface area contributed by atoms with Gasteiger partial charge in [0.2, 0.25) is 5.91 Å². The van der Waals surface area contributed by atoms with E-state index in [1.54, 1.807) is 21.6 Å². The SMILES string of the molecule is Cc1ccccc1-n1c(SCC(=O)N(CCC#N)c2ccccc2)nc2ccccc2c1=O. The van der Waals surface area contributed by atoms with Crippen LogP contribution in [-0.4, -0.2) is 27.8 Å². The van der Waals surface area contributed by atoms with Crippen LogP contribution >= 0.6 is 11.8 Å². The second kappa shape index (κ2) is 10.2. The fourth-order valence-corrected chi connectivity index (χ4v) is 4.49. The third kappa shape index (κ3) is 4.81. The first kappa shape index (κ1) is 22.3. The van der Waals surface area contributed by atoms with Crippen molar-refractivity contribution in [3.05, 3.63) is 94.8 Å². The van der Waals surface area contributed by atoms with Gasteiger partial charge in [-0.1, -0.05) is 60.3 Å². The molecule has 0 saturated carbocycles. The molecule has 0 N–H and O–H groups in total. The van der Waals surface area contributed by atoms with E-state index >= 15 is 0 Å². The first-order valence-electron chi connectivity index (χ1n) is 10.5. The van der Waals surface area contributed by atoms with Gasteiger partial charge in [-0.3, -0.25) is 14.2 Å². The molecule has 0 aliphatic carbocycles. The number of anilines is 1. The van der Waals surface area contributed by atoms with E-state index < -0.39 is 0 Å². The monoisotopic (exact) mass is 454 g/mol. The van der Waals surface area contributed by atoms with Crippen molar-refractivity contribution in [2.24, 2.45) is 0 Å². The van der Waals surface area contributed by atoms with Crippen LogP contribution in [0, 0.1) is 18.3 Å². The fourth-order valence-electron chi connectivity index (χ4n) is 3.61. The molecule has 0 radical (unpaired) electrons. The average Bonchev–Trinajstić information content (AvgIpc) is 2.84. The molecule has 0 atom stereocenters. The molecule has 1 heterocycles. The van der Waals surface area contributed by atoms with Crippen molar-refractivity contribution in [1.29, 1.82) is 5.26 Å². The standard InChI is InChI=1S/C26H22N4O2S/c1-19-10-5-8-15-23(19)30-25(32)21-13-6-7-14-22(21)28-26(30)33-18-24(31)29(17-9-16-27)20-11-3-2-4-12-20/h2-8,10-15H,9,17-18H2,1H3. The van der Waals surface area contributed by atoms with E-state index in [1.807, 2.05) is 73.7 Å². The Morgan fingerprint density at radius 3 is 2.48 bits per heavy atom. The molecule has 1 aromatic heterocycles. The van der Waals surface area contributed by atoms with Crippen LogP contribution in [-0.2, 0) is 4.79 Å². The maximum atomic E-state index is 13.4. The molecule has 0 aliphatic heterocycles. The minimum atomic E-state index is -0.172. The molecule has 3 aromatic carbocycles. The van der Waals surface area contributed by atoms with Gasteiger partial charge in [0, 0.05) is 12.2 Å². The number of benzene rings is 3. The number of fused-ring (bicyclic) bond motifs is 1. The van der Waals surface area contributed by atoms with Crippen molar-refractivity contribution in [2.75, 3.05) is 17.2 Å². The van der Waals surface area contributed by atoms with E-state index in [1.165, 1.54) is 11.8 Å². The summed E-state index contributed by atoms with van der Waals surface area (Å²) in [6, 6.07) is 26.2. The lowest BCUT2D eigenvalue weighted by Crippen LogP contribution is -2.33. The van der Waals surface area contributed by atoms with Gasteiger partial charge in [0.15, 0.2) is 5.16 Å². The van der Waals surface area contributed by atoms with E-state index in [4.69, 9.17) is 10.2 Å². The second-order valence-electron chi connectivity index (χ2n) is 7.42. The number of nitrogens with zero attached hydrogens (tertiary/aromatic N) is 4. The Morgan fingerprint density at radius 2 is 1.73 bits per heavy atom. The molecular weight excluding hydrogens is 432 g/mol. The average molecular weight is 455 g/mol. The highest BCUT2D eigenvalue weighted by Crippen LogP contribution is 2.24. The maximum Gasteiger partial charge on any atom is 0.266 e. The summed E-state index contributed by atoms with van der Waals surface area (Å²) in [5.74, 6) is -0.0723. The highest BCUT2D eigenvalue weighted by atomic mass is 32.2. The number of nitriles is 1. The number of carbonyl (C=O) groups excluding carboxylic acids is 1. The molecule has 164 valence electrons. The van der Waals surface area contributed by atoms with Gasteiger partial charge >= 0.3 is 0 Å². The number of amides is 1. The van der Waals surface area contributed by atoms with Crippen LogP contribution in [0.2, 0.25) is 0 Å². The smallest absolute Gasteiger partial charge is 0.266 e. The van der Waals surface area contributed by atoms with Gasteiger partial charge in [0.25, 0.3) is 5.56 Å². The van der Waals surface area contributed by atoms with Crippen LogP contribution in [0.25, 0.3) is 16.6 Å². The fraction of sp³-hybridized carbons (Fsp3) is 0.154. The van der Waals surface area contributed by atoms with Crippen LogP contribution in [0.4, 0.5) is 5.69 Å². The molecule has 0 saturated heterocycles. The highest BCUT2D eigenvalue weighted by Gasteiger charge is 2.19. The quantitative estimate of drug-likeness (QED) is 0.298. The van der Waals surface area contributed by atoms with Crippen molar-refractivity contribution >= 4 is 34.3 Å². The number of rotatable bonds is 7. The molecular formula is C26H22N4O2S. The van der Waals surface area contributed by atoms with E-state index in [9.17, 15) is 9.59 Å². The lowest BCUT2D eigenvalue weighted by atomic mass is 10.2. The first-order valence-corrected chi connectivity index (χ1v) is 11.5. The Balaban J connectivity index is 1.72. The number of carbonyl (C=O) groups is 1. The Bertz CT molecular complexity index is 1390. The van der Waals surface area contributed by atoms with Crippen molar-refractivity contribution in [2.45, 2.75) is 18.5 Å². The van der Waals surface area contributed by atoms with Gasteiger partial charge in [-0.2, -0.15) is 5.26 Å². The largest absolute Gasteiger partial charge is 0.311 e. The summed E-state index contributed by atoms with van der Waals surface area (Å²) >= 11 is 1.22. The number of hydrogen-bond donors (Lipinski definition) is 0. The molecule has 0 fully saturated rings. The van der Waals surface area contributed by atoms with Crippen LogP contribution in [0.3, 0.4) is 0 Å². The van der Waals surface area contributed by atoms with Gasteiger partial charge in [-0.05, 0) is 42.8 Å². The predicted molar refractivity (Wildman–Crippen MR) is 132 cm³/mol. The topological polar surface area (TPSA) is 79.0 Å². The minimum Gasteiger partial charge on any atom is -0.311 e. The normalized spacial score (nSPS) is 10.7. The molecule has 1 amide bonds. The lowest BCUT2D eigenvalue weighted by molar-refractivity contribution is -0.116. The summed E-state index contributed by atoms with van der Waals surface area (Å²) in [6.07, 6.45) is 0.230. The third-order valence-corrected chi connectivity index (χ3v) is 6.17. The third-order valence-electron chi connectivity index (χ3n) is 5.24. The molecule has 4 rings (SSSR count).